The first kappa shape index (κ1) is 15.4. The van der Waals surface area contributed by atoms with Crippen LogP contribution in [0.4, 0.5) is 18.9 Å². The average Bonchev–Trinajstić information content (AvgIpc) is 2.37. The Bertz CT molecular complexity index is 685. The van der Waals surface area contributed by atoms with E-state index in [1.165, 1.54) is 0 Å². The van der Waals surface area contributed by atoms with Crippen molar-refractivity contribution in [3.05, 3.63) is 27.8 Å². The molecule has 0 bridgehead atoms. The second kappa shape index (κ2) is 5.06. The lowest BCUT2D eigenvalue weighted by Gasteiger charge is -2.20. The van der Waals surface area contributed by atoms with Crippen molar-refractivity contribution in [1.82, 2.24) is 0 Å². The van der Waals surface area contributed by atoms with Crippen LogP contribution in [0.3, 0.4) is 0 Å². The fourth-order valence-corrected chi connectivity index (χ4v) is 2.28. The maximum atomic E-state index is 12.3. The topological polar surface area (TPSA) is 95.7 Å². The van der Waals surface area contributed by atoms with E-state index in [0.29, 0.717) is 6.42 Å². The molecule has 21 heavy (non-hydrogen) atoms. The van der Waals surface area contributed by atoms with Gasteiger partial charge in [0, 0.05) is 6.07 Å². The molecule has 7 nitrogen and oxygen atoms in total. The number of hydrogen-bond donors (Lipinski definition) is 0. The van der Waals surface area contributed by atoms with Crippen molar-refractivity contribution in [3.8, 4) is 11.5 Å². The van der Waals surface area contributed by atoms with Gasteiger partial charge in [-0.2, -0.15) is 21.6 Å². The summed E-state index contributed by atoms with van der Waals surface area (Å²) in [6.07, 6.45) is 0.595. The Morgan fingerprint density at radius 1 is 1.33 bits per heavy atom. The second-order valence-corrected chi connectivity index (χ2v) is 5.62. The van der Waals surface area contributed by atoms with E-state index in [1.54, 1.807) is 0 Å². The quantitative estimate of drug-likeness (QED) is 0.365. The number of nitro groups is 1. The van der Waals surface area contributed by atoms with Gasteiger partial charge in [0.05, 0.1) is 17.1 Å². The van der Waals surface area contributed by atoms with E-state index < -0.39 is 26.3 Å². The number of benzene rings is 1. The number of nitro benzene ring substituents is 1. The number of halogens is 3. The number of rotatable bonds is 3. The van der Waals surface area contributed by atoms with Crippen LogP contribution < -0.4 is 8.92 Å². The molecule has 0 amide bonds. The van der Waals surface area contributed by atoms with Crippen LogP contribution in [0.5, 0.6) is 11.5 Å². The van der Waals surface area contributed by atoms with Crippen LogP contribution in [-0.4, -0.2) is 25.5 Å². The van der Waals surface area contributed by atoms with Crippen molar-refractivity contribution in [2.24, 2.45) is 0 Å². The predicted octanol–water partition coefficient (Wildman–Crippen LogP) is 2.15. The maximum absolute atomic E-state index is 12.3. The van der Waals surface area contributed by atoms with Crippen molar-refractivity contribution in [1.29, 1.82) is 0 Å². The Morgan fingerprint density at radius 3 is 2.57 bits per heavy atom. The van der Waals surface area contributed by atoms with Crippen molar-refractivity contribution >= 4 is 15.8 Å². The zero-order valence-corrected chi connectivity index (χ0v) is 11.0. The van der Waals surface area contributed by atoms with Crippen molar-refractivity contribution in [2.45, 2.75) is 18.3 Å². The molecule has 0 fully saturated rings. The van der Waals surface area contributed by atoms with Gasteiger partial charge in [-0.25, -0.2) is 0 Å². The smallest absolute Gasteiger partial charge is 0.489 e. The van der Waals surface area contributed by atoms with Gasteiger partial charge in [0.2, 0.25) is 0 Å². The molecule has 0 aliphatic carbocycles. The molecular formula is C10H8F3NO6S. The van der Waals surface area contributed by atoms with Gasteiger partial charge < -0.3 is 8.92 Å². The Kier molecular flexibility index (Phi) is 3.70. The minimum atomic E-state index is -5.87. The third-order valence-corrected chi connectivity index (χ3v) is 3.66. The lowest BCUT2D eigenvalue weighted by molar-refractivity contribution is -0.385. The van der Waals surface area contributed by atoms with Crippen LogP contribution in [-0.2, 0) is 16.5 Å². The Morgan fingerprint density at radius 2 is 2.00 bits per heavy atom. The van der Waals surface area contributed by atoms with Gasteiger partial charge in [-0.05, 0) is 18.9 Å². The number of fused-ring (bicyclic) bond motifs is 1. The summed E-state index contributed by atoms with van der Waals surface area (Å²) in [5.41, 5.74) is -5.95. The third kappa shape index (κ3) is 2.86. The molecule has 11 heteroatoms. The molecule has 1 heterocycles. The largest absolute Gasteiger partial charge is 0.534 e. The first-order valence-corrected chi connectivity index (χ1v) is 6.98. The molecule has 0 aromatic heterocycles. The average molecular weight is 327 g/mol. The molecular weight excluding hydrogens is 319 g/mol. The second-order valence-electron chi connectivity index (χ2n) is 4.08. The van der Waals surface area contributed by atoms with Gasteiger partial charge in [0.1, 0.15) is 0 Å². The first-order valence-electron chi connectivity index (χ1n) is 5.57. The first-order chi connectivity index (χ1) is 9.63. The summed E-state index contributed by atoms with van der Waals surface area (Å²) in [6, 6.07) is 1.65. The SMILES string of the molecule is O=[N+]([O-])c1ccc(OS(=O)(=O)C(F)(F)F)c2c1CCCO2. The predicted molar refractivity (Wildman–Crippen MR) is 62.5 cm³/mol. The highest BCUT2D eigenvalue weighted by Gasteiger charge is 2.49. The van der Waals surface area contributed by atoms with Gasteiger partial charge in [-0.3, -0.25) is 10.1 Å². The minimum absolute atomic E-state index is 0.0149. The number of nitrogens with zero attached hydrogens (tertiary/aromatic N) is 1. The van der Waals surface area contributed by atoms with Gasteiger partial charge in [-0.15, -0.1) is 0 Å². The number of ether oxygens (including phenoxy) is 1. The standard InChI is InChI=1S/C10H8F3NO6S/c11-10(12,13)21(17,18)20-8-4-3-7(14(15)16)6-2-1-5-19-9(6)8/h3-4H,1-2,5H2. The van der Waals surface area contributed by atoms with Gasteiger partial charge in [0.25, 0.3) is 5.69 Å². The molecule has 0 saturated heterocycles. The Labute approximate surface area is 116 Å². The van der Waals surface area contributed by atoms with Crippen molar-refractivity contribution in [2.75, 3.05) is 6.61 Å². The highest BCUT2D eigenvalue weighted by atomic mass is 32.2. The fourth-order valence-electron chi connectivity index (χ4n) is 1.82. The summed E-state index contributed by atoms with van der Waals surface area (Å²) in [6.45, 7) is 0.0938. The molecule has 0 saturated carbocycles. The molecule has 1 aliphatic heterocycles. The van der Waals surface area contributed by atoms with Crippen LogP contribution >= 0.6 is 0 Å². The summed E-state index contributed by atoms with van der Waals surface area (Å²) in [4.78, 5) is 10.1. The third-order valence-electron chi connectivity index (χ3n) is 2.70. The zero-order valence-electron chi connectivity index (χ0n) is 10.2. The van der Waals surface area contributed by atoms with Crippen LogP contribution in [0.2, 0.25) is 0 Å². The molecule has 0 atom stereocenters. The highest BCUT2D eigenvalue weighted by molar-refractivity contribution is 7.88. The zero-order chi connectivity index (χ0) is 15.8. The van der Waals surface area contributed by atoms with Crippen LogP contribution in [0.25, 0.3) is 0 Å². The number of hydrogen-bond acceptors (Lipinski definition) is 6. The van der Waals surface area contributed by atoms with Gasteiger partial charge >= 0.3 is 15.6 Å². The molecule has 0 spiro atoms. The van der Waals surface area contributed by atoms with Gasteiger partial charge in [0.15, 0.2) is 11.5 Å². The minimum Gasteiger partial charge on any atom is -0.489 e. The summed E-state index contributed by atoms with van der Waals surface area (Å²) in [5.74, 6) is -1.06. The Hall–Kier alpha value is -2.04. The number of alkyl halides is 3. The summed E-state index contributed by atoms with van der Waals surface area (Å²) < 4.78 is 67.9. The summed E-state index contributed by atoms with van der Waals surface area (Å²) >= 11 is 0. The van der Waals surface area contributed by atoms with E-state index in [9.17, 15) is 31.7 Å². The van der Waals surface area contributed by atoms with E-state index in [-0.39, 0.29) is 30.0 Å². The van der Waals surface area contributed by atoms with E-state index in [1.807, 2.05) is 0 Å². The monoisotopic (exact) mass is 327 g/mol. The Balaban J connectivity index is 2.50. The van der Waals surface area contributed by atoms with Crippen molar-refractivity contribution < 1.29 is 35.4 Å². The lowest BCUT2D eigenvalue weighted by Crippen LogP contribution is -2.28. The van der Waals surface area contributed by atoms with E-state index >= 15 is 0 Å². The molecule has 1 aliphatic rings. The summed E-state index contributed by atoms with van der Waals surface area (Å²) in [5, 5.41) is 10.8. The van der Waals surface area contributed by atoms with E-state index in [2.05, 4.69) is 4.18 Å². The van der Waals surface area contributed by atoms with E-state index in [4.69, 9.17) is 4.74 Å². The van der Waals surface area contributed by atoms with Crippen molar-refractivity contribution in [3.63, 3.8) is 0 Å². The maximum Gasteiger partial charge on any atom is 0.534 e. The molecule has 2 rings (SSSR count). The van der Waals surface area contributed by atoms with Crippen LogP contribution in [0.15, 0.2) is 12.1 Å². The normalized spacial score (nSPS) is 15.0. The van der Waals surface area contributed by atoms with Crippen LogP contribution in [0.1, 0.15) is 12.0 Å². The molecule has 0 radical (unpaired) electrons. The van der Waals surface area contributed by atoms with Crippen LogP contribution in [0, 0.1) is 10.1 Å². The highest BCUT2D eigenvalue weighted by Crippen LogP contribution is 2.42. The molecule has 1 aromatic rings. The lowest BCUT2D eigenvalue weighted by atomic mass is 10.0. The van der Waals surface area contributed by atoms with E-state index in [0.717, 1.165) is 12.1 Å². The molecule has 0 unspecified atom stereocenters. The van der Waals surface area contributed by atoms with Gasteiger partial charge in [-0.1, -0.05) is 0 Å². The fraction of sp³-hybridized carbons (Fsp3) is 0.400. The molecule has 0 N–H and O–H groups in total. The summed E-state index contributed by atoms with van der Waals surface area (Å²) in [7, 11) is -5.87. The molecule has 116 valence electrons. The molecule has 1 aromatic carbocycles.